The number of ether oxygens (including phenoxy) is 2. The van der Waals surface area contributed by atoms with Gasteiger partial charge in [0.05, 0.1) is 5.56 Å². The summed E-state index contributed by atoms with van der Waals surface area (Å²) in [4.78, 5) is 25.2. The number of rotatable bonds is 6. The first-order valence-corrected chi connectivity index (χ1v) is 10.5. The van der Waals surface area contributed by atoms with Crippen LogP contribution in [-0.4, -0.2) is 25.1 Å². The van der Waals surface area contributed by atoms with Crippen molar-refractivity contribution in [3.8, 4) is 11.8 Å². The number of esters is 1. The molecule has 0 bridgehead atoms. The van der Waals surface area contributed by atoms with Crippen LogP contribution in [0.1, 0.15) is 46.4 Å². The Labute approximate surface area is 174 Å². The van der Waals surface area contributed by atoms with E-state index >= 15 is 0 Å². The first kappa shape index (κ1) is 20.9. The zero-order valence-electron chi connectivity index (χ0n) is 16.7. The van der Waals surface area contributed by atoms with Crippen molar-refractivity contribution >= 4 is 28.2 Å². The second-order valence-corrected chi connectivity index (χ2v) is 8.23. The van der Waals surface area contributed by atoms with Crippen LogP contribution < -0.4 is 10.1 Å². The first-order valence-electron chi connectivity index (χ1n) is 9.68. The molecule has 6 nitrogen and oxygen atoms in total. The van der Waals surface area contributed by atoms with Gasteiger partial charge in [-0.3, -0.25) is 4.79 Å². The summed E-state index contributed by atoms with van der Waals surface area (Å²) in [6.45, 7) is 3.27. The summed E-state index contributed by atoms with van der Waals surface area (Å²) in [5, 5.41) is 12.8. The lowest BCUT2D eigenvalue weighted by Crippen LogP contribution is -2.23. The van der Waals surface area contributed by atoms with Crippen LogP contribution >= 0.6 is 11.3 Å². The van der Waals surface area contributed by atoms with Gasteiger partial charge in [-0.2, -0.15) is 5.26 Å². The molecule has 1 heterocycles. The number of anilines is 1. The van der Waals surface area contributed by atoms with Crippen LogP contribution in [0.5, 0.6) is 5.75 Å². The highest BCUT2D eigenvalue weighted by Gasteiger charge is 2.21. The minimum absolute atomic E-state index is 0.271. The quantitative estimate of drug-likeness (QED) is 0.571. The van der Waals surface area contributed by atoms with Crippen LogP contribution in [-0.2, 0) is 27.2 Å². The molecule has 0 aliphatic heterocycles. The molecule has 3 rings (SSSR count). The first-order chi connectivity index (χ1) is 14.0. The van der Waals surface area contributed by atoms with E-state index in [0.717, 1.165) is 48.8 Å². The Bertz CT molecular complexity index is 958. The van der Waals surface area contributed by atoms with E-state index in [-0.39, 0.29) is 6.61 Å². The normalized spacial score (nSPS) is 13.0. The number of aryl methyl sites for hydroxylation is 3. The number of fused-ring (bicyclic) bond motifs is 1. The number of amides is 1. The van der Waals surface area contributed by atoms with Gasteiger partial charge in [0.25, 0.3) is 5.91 Å². The molecule has 0 saturated heterocycles. The summed E-state index contributed by atoms with van der Waals surface area (Å²) in [7, 11) is 0. The maximum Gasteiger partial charge on any atom is 0.344 e. The van der Waals surface area contributed by atoms with Crippen molar-refractivity contribution in [2.45, 2.75) is 46.0 Å². The molecule has 0 fully saturated rings. The van der Waals surface area contributed by atoms with E-state index in [2.05, 4.69) is 11.4 Å². The minimum Gasteiger partial charge on any atom is -0.482 e. The third-order valence-electron chi connectivity index (χ3n) is 4.99. The van der Waals surface area contributed by atoms with E-state index < -0.39 is 18.5 Å². The summed E-state index contributed by atoms with van der Waals surface area (Å²) in [6, 6.07) is 7.76. The Morgan fingerprint density at radius 3 is 2.69 bits per heavy atom. The number of nitrogens with one attached hydrogen (secondary N) is 1. The fraction of sp³-hybridized carbons (Fsp3) is 0.409. The number of benzene rings is 1. The Kier molecular flexibility index (Phi) is 6.89. The van der Waals surface area contributed by atoms with Gasteiger partial charge in [-0.1, -0.05) is 12.5 Å². The summed E-state index contributed by atoms with van der Waals surface area (Å²) < 4.78 is 10.4. The van der Waals surface area contributed by atoms with Gasteiger partial charge >= 0.3 is 5.97 Å². The number of nitriles is 1. The zero-order chi connectivity index (χ0) is 20.8. The number of hydrogen-bond acceptors (Lipinski definition) is 6. The third kappa shape index (κ3) is 5.36. The van der Waals surface area contributed by atoms with E-state index in [1.165, 1.54) is 16.2 Å². The molecule has 1 aromatic carbocycles. The van der Waals surface area contributed by atoms with Crippen LogP contribution in [0.25, 0.3) is 0 Å². The molecule has 7 heteroatoms. The molecule has 0 saturated carbocycles. The van der Waals surface area contributed by atoms with E-state index in [1.54, 1.807) is 6.07 Å². The monoisotopic (exact) mass is 412 g/mol. The molecule has 2 aromatic rings. The molecule has 0 unspecified atom stereocenters. The standard InChI is InChI=1S/C22H24N2O4S/c1-14-8-9-16(10-15(14)2)27-13-21(26)28-12-20(25)24-22-18(11-23)17-6-4-3-5-7-19(17)29-22/h8-10H,3-7,12-13H2,1-2H3,(H,24,25). The Balaban J connectivity index is 1.50. The van der Waals surface area contributed by atoms with E-state index in [9.17, 15) is 14.9 Å². The Morgan fingerprint density at radius 2 is 1.93 bits per heavy atom. The maximum absolute atomic E-state index is 12.2. The van der Waals surface area contributed by atoms with E-state index in [4.69, 9.17) is 9.47 Å². The topological polar surface area (TPSA) is 88.4 Å². The van der Waals surface area contributed by atoms with Gasteiger partial charge in [-0.15, -0.1) is 11.3 Å². The minimum atomic E-state index is -0.624. The molecule has 1 aromatic heterocycles. The van der Waals surface area contributed by atoms with Crippen LogP contribution in [0.15, 0.2) is 18.2 Å². The highest BCUT2D eigenvalue weighted by molar-refractivity contribution is 7.16. The lowest BCUT2D eigenvalue weighted by molar-refractivity contribution is -0.149. The molecule has 152 valence electrons. The predicted molar refractivity (Wildman–Crippen MR) is 111 cm³/mol. The van der Waals surface area contributed by atoms with Crippen molar-refractivity contribution in [2.24, 2.45) is 0 Å². The van der Waals surface area contributed by atoms with Gasteiger partial charge in [0, 0.05) is 4.88 Å². The number of hydrogen-bond donors (Lipinski definition) is 1. The molecule has 0 radical (unpaired) electrons. The SMILES string of the molecule is Cc1ccc(OCC(=O)OCC(=O)Nc2sc3c(c2C#N)CCCCC3)cc1C. The summed E-state index contributed by atoms with van der Waals surface area (Å²) in [5.41, 5.74) is 3.81. The van der Waals surface area contributed by atoms with E-state index in [0.29, 0.717) is 16.3 Å². The van der Waals surface area contributed by atoms with Gasteiger partial charge < -0.3 is 14.8 Å². The van der Waals surface area contributed by atoms with Crippen LogP contribution in [0.2, 0.25) is 0 Å². The second kappa shape index (κ2) is 9.57. The number of carbonyl (C=O) groups is 2. The van der Waals surface area contributed by atoms with Crippen molar-refractivity contribution in [3.05, 3.63) is 45.3 Å². The predicted octanol–water partition coefficient (Wildman–Crippen LogP) is 4.07. The number of thiophene rings is 1. The smallest absolute Gasteiger partial charge is 0.344 e. The van der Waals surface area contributed by atoms with Gasteiger partial charge in [0.15, 0.2) is 13.2 Å². The van der Waals surface area contributed by atoms with Gasteiger partial charge in [0.1, 0.15) is 16.8 Å². The average molecular weight is 413 g/mol. The van der Waals surface area contributed by atoms with Crippen molar-refractivity contribution in [1.29, 1.82) is 5.26 Å². The number of carbonyl (C=O) groups excluding carboxylic acids is 2. The third-order valence-corrected chi connectivity index (χ3v) is 6.19. The largest absolute Gasteiger partial charge is 0.482 e. The molecule has 1 aliphatic carbocycles. The highest BCUT2D eigenvalue weighted by Crippen LogP contribution is 2.36. The van der Waals surface area contributed by atoms with Gasteiger partial charge in [0.2, 0.25) is 0 Å². The average Bonchev–Trinajstić information content (AvgIpc) is 2.86. The molecule has 1 aliphatic rings. The molecule has 29 heavy (non-hydrogen) atoms. The maximum atomic E-state index is 12.2. The molecule has 0 spiro atoms. The molecule has 0 atom stereocenters. The molecule has 1 amide bonds. The highest BCUT2D eigenvalue weighted by atomic mass is 32.1. The Hall–Kier alpha value is -2.85. The van der Waals surface area contributed by atoms with Gasteiger partial charge in [-0.25, -0.2) is 4.79 Å². The van der Waals surface area contributed by atoms with Crippen LogP contribution in [0.3, 0.4) is 0 Å². The summed E-state index contributed by atoms with van der Waals surface area (Å²) in [6.07, 6.45) is 5.13. The van der Waals surface area contributed by atoms with Crippen molar-refractivity contribution < 1.29 is 19.1 Å². The van der Waals surface area contributed by atoms with Crippen LogP contribution in [0, 0.1) is 25.2 Å². The molecular formula is C22H24N2O4S. The lowest BCUT2D eigenvalue weighted by atomic mass is 10.1. The van der Waals surface area contributed by atoms with Crippen molar-refractivity contribution in [2.75, 3.05) is 18.5 Å². The summed E-state index contributed by atoms with van der Waals surface area (Å²) >= 11 is 1.45. The number of nitrogens with zero attached hydrogens (tertiary/aromatic N) is 1. The fourth-order valence-corrected chi connectivity index (χ4v) is 4.50. The summed E-state index contributed by atoms with van der Waals surface area (Å²) in [5.74, 6) is -0.508. The molecular weight excluding hydrogens is 388 g/mol. The van der Waals surface area contributed by atoms with Crippen molar-refractivity contribution in [3.63, 3.8) is 0 Å². The fourth-order valence-electron chi connectivity index (χ4n) is 3.25. The lowest BCUT2D eigenvalue weighted by Gasteiger charge is -2.09. The molecule has 1 N–H and O–H groups in total. The Morgan fingerprint density at radius 1 is 1.14 bits per heavy atom. The second-order valence-electron chi connectivity index (χ2n) is 7.12. The zero-order valence-corrected chi connectivity index (χ0v) is 17.5. The van der Waals surface area contributed by atoms with E-state index in [1.807, 2.05) is 26.0 Å². The van der Waals surface area contributed by atoms with Crippen LogP contribution in [0.4, 0.5) is 5.00 Å². The van der Waals surface area contributed by atoms with Gasteiger partial charge in [-0.05, 0) is 68.4 Å². The van der Waals surface area contributed by atoms with Crippen molar-refractivity contribution in [1.82, 2.24) is 0 Å².